The van der Waals surface area contributed by atoms with E-state index in [2.05, 4.69) is 58.5 Å². The van der Waals surface area contributed by atoms with Crippen molar-refractivity contribution < 1.29 is 0 Å². The van der Waals surface area contributed by atoms with Crippen LogP contribution in [0.5, 0.6) is 0 Å². The minimum absolute atomic E-state index is 0.223. The van der Waals surface area contributed by atoms with Gasteiger partial charge >= 0.3 is 0 Å². The summed E-state index contributed by atoms with van der Waals surface area (Å²) in [5, 5.41) is 3.44. The van der Waals surface area contributed by atoms with Gasteiger partial charge in [-0.2, -0.15) is 0 Å². The zero-order valence-electron chi connectivity index (χ0n) is 12.4. The van der Waals surface area contributed by atoms with Crippen molar-refractivity contribution in [1.29, 1.82) is 0 Å². The molecule has 0 aliphatic heterocycles. The predicted octanol–water partition coefficient (Wildman–Crippen LogP) is 2.89. The van der Waals surface area contributed by atoms with Crippen LogP contribution in [-0.2, 0) is 0 Å². The third-order valence-electron chi connectivity index (χ3n) is 3.17. The fourth-order valence-corrected chi connectivity index (χ4v) is 2.07. The average molecular weight is 270 g/mol. The van der Waals surface area contributed by atoms with Gasteiger partial charge in [-0.1, -0.05) is 30.3 Å². The largest absolute Gasteiger partial charge is 0.347 e. The Kier molecular flexibility index (Phi) is 5.07. The lowest BCUT2D eigenvalue weighted by molar-refractivity contribution is 0.387. The number of aromatic nitrogens is 2. The second-order valence-electron chi connectivity index (χ2n) is 5.22. The van der Waals surface area contributed by atoms with Crippen LogP contribution in [0.4, 0.5) is 5.95 Å². The monoisotopic (exact) mass is 270 g/mol. The molecule has 0 unspecified atom stereocenters. The van der Waals surface area contributed by atoms with Crippen LogP contribution in [0.1, 0.15) is 23.7 Å². The molecular formula is C16H22N4. The molecule has 1 aromatic carbocycles. The number of nitrogens with one attached hydrogen (secondary N) is 1. The molecule has 0 spiro atoms. The van der Waals surface area contributed by atoms with Crippen LogP contribution in [0.15, 0.2) is 42.6 Å². The summed E-state index contributed by atoms with van der Waals surface area (Å²) in [7, 11) is 4.18. The average Bonchev–Trinajstić information content (AvgIpc) is 2.44. The molecule has 0 saturated heterocycles. The standard InChI is InChI=1S/C16H22N4/c1-13-9-11-17-16(18-13)19-15(10-12-20(2)3)14-7-5-4-6-8-14/h4-9,11,15H,10,12H2,1-3H3,(H,17,18,19)/t15-/m0/s1. The topological polar surface area (TPSA) is 41.1 Å². The summed E-state index contributed by atoms with van der Waals surface area (Å²) in [6, 6.07) is 12.6. The highest BCUT2D eigenvalue weighted by Crippen LogP contribution is 2.20. The second kappa shape index (κ2) is 7.01. The Morgan fingerprint density at radius 3 is 2.55 bits per heavy atom. The van der Waals surface area contributed by atoms with Crippen molar-refractivity contribution in [1.82, 2.24) is 14.9 Å². The summed E-state index contributed by atoms with van der Waals surface area (Å²) in [4.78, 5) is 10.9. The van der Waals surface area contributed by atoms with Crippen LogP contribution in [0, 0.1) is 6.92 Å². The van der Waals surface area contributed by atoms with Gasteiger partial charge in [-0.3, -0.25) is 0 Å². The maximum Gasteiger partial charge on any atom is 0.223 e. The number of benzene rings is 1. The molecule has 1 atom stereocenters. The zero-order chi connectivity index (χ0) is 14.4. The first-order valence-corrected chi connectivity index (χ1v) is 6.91. The van der Waals surface area contributed by atoms with Crippen LogP contribution in [-0.4, -0.2) is 35.5 Å². The fraction of sp³-hybridized carbons (Fsp3) is 0.375. The van der Waals surface area contributed by atoms with Gasteiger partial charge in [0.25, 0.3) is 0 Å². The van der Waals surface area contributed by atoms with E-state index in [0.29, 0.717) is 5.95 Å². The molecule has 1 heterocycles. The van der Waals surface area contributed by atoms with Crippen LogP contribution >= 0.6 is 0 Å². The van der Waals surface area contributed by atoms with Crippen molar-refractivity contribution in [3.8, 4) is 0 Å². The van der Waals surface area contributed by atoms with Crippen LogP contribution in [0.2, 0.25) is 0 Å². The second-order valence-corrected chi connectivity index (χ2v) is 5.22. The van der Waals surface area contributed by atoms with E-state index in [9.17, 15) is 0 Å². The summed E-state index contributed by atoms with van der Waals surface area (Å²) in [6.45, 7) is 2.99. The van der Waals surface area contributed by atoms with Crippen LogP contribution in [0.3, 0.4) is 0 Å². The van der Waals surface area contributed by atoms with Crippen molar-refractivity contribution in [3.05, 3.63) is 53.9 Å². The van der Waals surface area contributed by atoms with Crippen LogP contribution in [0.25, 0.3) is 0 Å². The Morgan fingerprint density at radius 2 is 1.90 bits per heavy atom. The van der Waals surface area contributed by atoms with Crippen molar-refractivity contribution in [2.75, 3.05) is 26.0 Å². The van der Waals surface area contributed by atoms with E-state index in [1.807, 2.05) is 19.1 Å². The molecule has 1 aromatic heterocycles. The van der Waals surface area contributed by atoms with Crippen molar-refractivity contribution in [3.63, 3.8) is 0 Å². The van der Waals surface area contributed by atoms with E-state index in [1.54, 1.807) is 6.20 Å². The Hall–Kier alpha value is -1.94. The van der Waals surface area contributed by atoms with Crippen molar-refractivity contribution in [2.24, 2.45) is 0 Å². The predicted molar refractivity (Wildman–Crippen MR) is 82.7 cm³/mol. The smallest absolute Gasteiger partial charge is 0.223 e. The number of anilines is 1. The Bertz CT molecular complexity index is 525. The number of rotatable bonds is 6. The van der Waals surface area contributed by atoms with Gasteiger partial charge in [-0.15, -0.1) is 0 Å². The summed E-state index contributed by atoms with van der Waals surface area (Å²) >= 11 is 0. The molecule has 0 aliphatic carbocycles. The highest BCUT2D eigenvalue weighted by atomic mass is 15.1. The van der Waals surface area contributed by atoms with E-state index < -0.39 is 0 Å². The molecule has 2 rings (SSSR count). The van der Waals surface area contributed by atoms with Gasteiger partial charge in [0.1, 0.15) is 0 Å². The molecular weight excluding hydrogens is 248 g/mol. The summed E-state index contributed by atoms with van der Waals surface area (Å²) < 4.78 is 0. The quantitative estimate of drug-likeness (QED) is 0.876. The molecule has 0 amide bonds. The Labute approximate surface area is 120 Å². The maximum absolute atomic E-state index is 4.43. The molecule has 0 radical (unpaired) electrons. The SMILES string of the molecule is Cc1ccnc(N[C@@H](CCN(C)C)c2ccccc2)n1. The molecule has 1 N–H and O–H groups in total. The molecule has 0 saturated carbocycles. The van der Waals surface area contributed by atoms with Gasteiger partial charge in [0, 0.05) is 11.9 Å². The first-order chi connectivity index (χ1) is 9.65. The summed E-state index contributed by atoms with van der Waals surface area (Å²) in [5.74, 6) is 0.692. The van der Waals surface area contributed by atoms with Crippen molar-refractivity contribution in [2.45, 2.75) is 19.4 Å². The first-order valence-electron chi connectivity index (χ1n) is 6.91. The van der Waals surface area contributed by atoms with E-state index >= 15 is 0 Å². The van der Waals surface area contributed by atoms with Gasteiger partial charge in [0.2, 0.25) is 5.95 Å². The zero-order valence-corrected chi connectivity index (χ0v) is 12.4. The maximum atomic E-state index is 4.43. The minimum Gasteiger partial charge on any atom is -0.347 e. The van der Waals surface area contributed by atoms with Gasteiger partial charge in [-0.05, 0) is 45.6 Å². The fourth-order valence-electron chi connectivity index (χ4n) is 2.07. The normalized spacial score (nSPS) is 12.4. The number of aryl methyl sites for hydroxylation is 1. The third kappa shape index (κ3) is 4.31. The number of hydrogen-bond donors (Lipinski definition) is 1. The molecule has 106 valence electrons. The van der Waals surface area contributed by atoms with E-state index in [4.69, 9.17) is 0 Å². The molecule has 2 aromatic rings. The van der Waals surface area contributed by atoms with Gasteiger partial charge < -0.3 is 10.2 Å². The summed E-state index contributed by atoms with van der Waals surface area (Å²) in [5.41, 5.74) is 2.24. The molecule has 4 heteroatoms. The molecule has 0 aliphatic rings. The van der Waals surface area contributed by atoms with Crippen molar-refractivity contribution >= 4 is 5.95 Å². The van der Waals surface area contributed by atoms with E-state index in [0.717, 1.165) is 18.7 Å². The van der Waals surface area contributed by atoms with E-state index in [1.165, 1.54) is 5.56 Å². The van der Waals surface area contributed by atoms with Gasteiger partial charge in [-0.25, -0.2) is 9.97 Å². The minimum atomic E-state index is 0.223. The Morgan fingerprint density at radius 1 is 1.15 bits per heavy atom. The lowest BCUT2D eigenvalue weighted by atomic mass is 10.0. The summed E-state index contributed by atoms with van der Waals surface area (Å²) in [6.07, 6.45) is 2.80. The molecule has 0 bridgehead atoms. The highest BCUT2D eigenvalue weighted by Gasteiger charge is 2.12. The van der Waals surface area contributed by atoms with Crippen LogP contribution < -0.4 is 5.32 Å². The Balaban J connectivity index is 2.14. The highest BCUT2D eigenvalue weighted by molar-refractivity contribution is 5.32. The van der Waals surface area contributed by atoms with E-state index in [-0.39, 0.29) is 6.04 Å². The lowest BCUT2D eigenvalue weighted by Crippen LogP contribution is -2.20. The third-order valence-corrected chi connectivity index (χ3v) is 3.17. The molecule has 20 heavy (non-hydrogen) atoms. The molecule has 4 nitrogen and oxygen atoms in total. The number of nitrogens with zero attached hydrogens (tertiary/aromatic N) is 3. The number of hydrogen-bond acceptors (Lipinski definition) is 4. The lowest BCUT2D eigenvalue weighted by Gasteiger charge is -2.21. The van der Waals surface area contributed by atoms with Gasteiger partial charge in [0.05, 0.1) is 6.04 Å². The first kappa shape index (κ1) is 14.5. The molecule has 0 fully saturated rings. The van der Waals surface area contributed by atoms with Gasteiger partial charge in [0.15, 0.2) is 0 Å².